The van der Waals surface area contributed by atoms with Gasteiger partial charge in [-0.15, -0.1) is 0 Å². The fraction of sp³-hybridized carbons (Fsp3) is 0.462. The van der Waals surface area contributed by atoms with Crippen LogP contribution in [0.25, 0.3) is 0 Å². The first-order valence-electron chi connectivity index (χ1n) is 5.69. The van der Waals surface area contributed by atoms with E-state index in [-0.39, 0.29) is 5.92 Å². The molecule has 0 saturated carbocycles. The van der Waals surface area contributed by atoms with Gasteiger partial charge in [0.2, 0.25) is 0 Å². The molecule has 1 atom stereocenters. The highest BCUT2D eigenvalue weighted by Gasteiger charge is 2.21. The second-order valence-corrected chi connectivity index (χ2v) is 4.73. The number of hydrogen-bond acceptors (Lipinski definition) is 3. The molecular formula is C13H20N2O2. The molecule has 1 unspecified atom stereocenters. The largest absolute Gasteiger partial charge is 0.480 e. The Hall–Kier alpha value is -1.71. The van der Waals surface area contributed by atoms with Gasteiger partial charge in [-0.05, 0) is 43.0 Å². The van der Waals surface area contributed by atoms with Crippen molar-refractivity contribution in [1.29, 1.82) is 0 Å². The second-order valence-electron chi connectivity index (χ2n) is 4.73. The van der Waals surface area contributed by atoms with Gasteiger partial charge in [-0.25, -0.2) is 4.79 Å². The lowest BCUT2D eigenvalue weighted by Gasteiger charge is -2.20. The molecule has 94 valence electrons. The standard InChI is InChI=1S/C13H20N2O2/c1-7(2)12(13(16)17)15-10-5-8(3)11(14)9(4)6-10/h5-7,12,15H,14H2,1-4H3,(H,16,17). The Morgan fingerprint density at radius 2 is 1.76 bits per heavy atom. The topological polar surface area (TPSA) is 75.3 Å². The average Bonchev–Trinajstić information content (AvgIpc) is 2.21. The lowest BCUT2D eigenvalue weighted by atomic mass is 10.0. The zero-order valence-electron chi connectivity index (χ0n) is 10.7. The third kappa shape index (κ3) is 3.12. The Labute approximate surface area is 102 Å². The van der Waals surface area contributed by atoms with Crippen LogP contribution in [0.3, 0.4) is 0 Å². The SMILES string of the molecule is Cc1cc(NC(C(=O)O)C(C)C)cc(C)c1N. The summed E-state index contributed by atoms with van der Waals surface area (Å²) in [4.78, 5) is 11.1. The molecule has 0 saturated heterocycles. The van der Waals surface area contributed by atoms with Gasteiger partial charge in [0.05, 0.1) is 0 Å². The molecule has 1 aromatic rings. The van der Waals surface area contributed by atoms with Crippen LogP contribution in [0.1, 0.15) is 25.0 Å². The number of nitrogens with two attached hydrogens (primary N) is 1. The van der Waals surface area contributed by atoms with Crippen molar-refractivity contribution >= 4 is 17.3 Å². The van der Waals surface area contributed by atoms with E-state index in [1.807, 2.05) is 39.8 Å². The maximum Gasteiger partial charge on any atom is 0.326 e. The molecule has 0 radical (unpaired) electrons. The molecule has 0 fully saturated rings. The first kappa shape index (κ1) is 13.4. The maximum absolute atomic E-state index is 11.1. The van der Waals surface area contributed by atoms with Crippen molar-refractivity contribution in [2.24, 2.45) is 5.92 Å². The number of carboxylic acid groups (broad SMARTS) is 1. The molecule has 0 aliphatic rings. The molecule has 0 spiro atoms. The fourth-order valence-corrected chi connectivity index (χ4v) is 1.75. The van der Waals surface area contributed by atoms with Crippen LogP contribution < -0.4 is 11.1 Å². The summed E-state index contributed by atoms with van der Waals surface area (Å²) >= 11 is 0. The highest BCUT2D eigenvalue weighted by atomic mass is 16.4. The summed E-state index contributed by atoms with van der Waals surface area (Å²) in [6.45, 7) is 7.59. The van der Waals surface area contributed by atoms with Gasteiger partial charge in [0.1, 0.15) is 6.04 Å². The number of carboxylic acids is 1. The lowest BCUT2D eigenvalue weighted by Crippen LogP contribution is -2.34. The van der Waals surface area contributed by atoms with Gasteiger partial charge in [-0.3, -0.25) is 0 Å². The summed E-state index contributed by atoms with van der Waals surface area (Å²) in [5, 5.41) is 12.1. The molecular weight excluding hydrogens is 216 g/mol. The van der Waals surface area contributed by atoms with Crippen LogP contribution in [-0.2, 0) is 4.79 Å². The van der Waals surface area contributed by atoms with E-state index in [0.717, 1.165) is 22.5 Å². The number of aliphatic carboxylic acids is 1. The normalized spacial score (nSPS) is 12.5. The maximum atomic E-state index is 11.1. The average molecular weight is 236 g/mol. The van der Waals surface area contributed by atoms with Crippen LogP contribution in [-0.4, -0.2) is 17.1 Å². The zero-order valence-corrected chi connectivity index (χ0v) is 10.7. The summed E-state index contributed by atoms with van der Waals surface area (Å²) in [6.07, 6.45) is 0. The first-order valence-corrected chi connectivity index (χ1v) is 5.69. The summed E-state index contributed by atoms with van der Waals surface area (Å²) in [5.41, 5.74) is 9.33. The molecule has 4 nitrogen and oxygen atoms in total. The van der Waals surface area contributed by atoms with Crippen LogP contribution in [0.4, 0.5) is 11.4 Å². The van der Waals surface area contributed by atoms with Gasteiger partial charge in [-0.2, -0.15) is 0 Å². The van der Waals surface area contributed by atoms with Gasteiger partial charge in [0.15, 0.2) is 0 Å². The van der Waals surface area contributed by atoms with Crippen LogP contribution >= 0.6 is 0 Å². The van der Waals surface area contributed by atoms with E-state index in [1.165, 1.54) is 0 Å². The predicted molar refractivity (Wildman–Crippen MR) is 70.2 cm³/mol. The number of anilines is 2. The van der Waals surface area contributed by atoms with Gasteiger partial charge >= 0.3 is 5.97 Å². The zero-order chi connectivity index (χ0) is 13.2. The number of aryl methyl sites for hydroxylation is 2. The summed E-state index contributed by atoms with van der Waals surface area (Å²) in [5.74, 6) is -0.821. The van der Waals surface area contributed by atoms with Crippen LogP contribution in [0.2, 0.25) is 0 Å². The summed E-state index contributed by atoms with van der Waals surface area (Å²) in [6, 6.07) is 3.17. The third-order valence-electron chi connectivity index (χ3n) is 2.85. The van der Waals surface area contributed by atoms with Gasteiger partial charge in [-0.1, -0.05) is 13.8 Å². The Bertz CT molecular complexity index is 404. The van der Waals surface area contributed by atoms with Crippen molar-refractivity contribution in [3.05, 3.63) is 23.3 Å². The van der Waals surface area contributed by atoms with Crippen molar-refractivity contribution in [3.63, 3.8) is 0 Å². The van der Waals surface area contributed by atoms with Crippen molar-refractivity contribution in [3.8, 4) is 0 Å². The number of rotatable bonds is 4. The monoisotopic (exact) mass is 236 g/mol. The number of nitrogen functional groups attached to an aromatic ring is 1. The Kier molecular flexibility index (Phi) is 3.99. The quantitative estimate of drug-likeness (QED) is 0.702. The predicted octanol–water partition coefficient (Wildman–Crippen LogP) is 2.41. The lowest BCUT2D eigenvalue weighted by molar-refractivity contribution is -0.138. The van der Waals surface area contributed by atoms with E-state index in [1.54, 1.807) is 0 Å². The molecule has 0 aliphatic carbocycles. The minimum absolute atomic E-state index is 0.0191. The van der Waals surface area contributed by atoms with E-state index in [0.29, 0.717) is 0 Å². The van der Waals surface area contributed by atoms with Crippen molar-refractivity contribution in [2.75, 3.05) is 11.1 Å². The van der Waals surface area contributed by atoms with Crippen molar-refractivity contribution in [1.82, 2.24) is 0 Å². The molecule has 0 aromatic heterocycles. The molecule has 1 rings (SSSR count). The van der Waals surface area contributed by atoms with E-state index in [9.17, 15) is 4.79 Å². The van der Waals surface area contributed by atoms with E-state index in [4.69, 9.17) is 10.8 Å². The molecule has 0 aliphatic heterocycles. The summed E-state index contributed by atoms with van der Waals surface area (Å²) < 4.78 is 0. The van der Waals surface area contributed by atoms with E-state index >= 15 is 0 Å². The minimum Gasteiger partial charge on any atom is -0.480 e. The first-order chi connectivity index (χ1) is 7.82. The van der Waals surface area contributed by atoms with Crippen LogP contribution in [0.5, 0.6) is 0 Å². The van der Waals surface area contributed by atoms with Gasteiger partial charge < -0.3 is 16.2 Å². The molecule has 0 amide bonds. The van der Waals surface area contributed by atoms with Crippen molar-refractivity contribution < 1.29 is 9.90 Å². The molecule has 1 aromatic carbocycles. The van der Waals surface area contributed by atoms with Crippen LogP contribution in [0.15, 0.2) is 12.1 Å². The number of nitrogens with one attached hydrogen (secondary N) is 1. The number of hydrogen-bond donors (Lipinski definition) is 3. The van der Waals surface area contributed by atoms with E-state index < -0.39 is 12.0 Å². The van der Waals surface area contributed by atoms with Gasteiger partial charge in [0, 0.05) is 11.4 Å². The number of carbonyl (C=O) groups is 1. The Morgan fingerprint density at radius 1 is 1.29 bits per heavy atom. The van der Waals surface area contributed by atoms with Gasteiger partial charge in [0.25, 0.3) is 0 Å². The molecule has 0 bridgehead atoms. The second kappa shape index (κ2) is 5.08. The number of benzene rings is 1. The Balaban J connectivity index is 2.98. The highest BCUT2D eigenvalue weighted by molar-refractivity contribution is 5.78. The third-order valence-corrected chi connectivity index (χ3v) is 2.85. The molecule has 4 heteroatoms. The highest BCUT2D eigenvalue weighted by Crippen LogP contribution is 2.23. The smallest absolute Gasteiger partial charge is 0.326 e. The fourth-order valence-electron chi connectivity index (χ4n) is 1.75. The molecule has 17 heavy (non-hydrogen) atoms. The molecule has 4 N–H and O–H groups in total. The molecule has 0 heterocycles. The minimum atomic E-state index is -0.841. The van der Waals surface area contributed by atoms with Crippen molar-refractivity contribution in [2.45, 2.75) is 33.7 Å². The Morgan fingerprint density at radius 3 is 2.12 bits per heavy atom. The van der Waals surface area contributed by atoms with E-state index in [2.05, 4.69) is 5.32 Å². The van der Waals surface area contributed by atoms with Crippen LogP contribution in [0, 0.1) is 19.8 Å². The summed E-state index contributed by atoms with van der Waals surface area (Å²) in [7, 11) is 0.